The molecule has 0 heterocycles. The summed E-state index contributed by atoms with van der Waals surface area (Å²) >= 11 is 0. The maximum Gasteiger partial charge on any atom is 0.342 e. The highest BCUT2D eigenvalue weighted by atomic mass is 16.4. The Kier molecular flexibility index (Phi) is 2.73. The maximum atomic E-state index is 8.67. The van der Waals surface area contributed by atoms with Gasteiger partial charge in [0, 0.05) is 0 Å². The molecule has 0 aliphatic carbocycles. The number of amides is 1. The van der Waals surface area contributed by atoms with E-state index in [0.717, 1.165) is 0 Å². The summed E-state index contributed by atoms with van der Waals surface area (Å²) < 4.78 is 5.50. The molecule has 6 N–H and O–H groups in total. The van der Waals surface area contributed by atoms with Crippen molar-refractivity contribution in [1.29, 1.82) is 0 Å². The summed E-state index contributed by atoms with van der Waals surface area (Å²) in [7, 11) is 0. The summed E-state index contributed by atoms with van der Waals surface area (Å²) in [5.41, 5.74) is 3.92. The Morgan fingerprint density at radius 1 is 2.20 bits per heavy atom. The smallest absolute Gasteiger partial charge is 0.342 e. The van der Waals surface area contributed by atoms with Gasteiger partial charge in [-0.15, -0.1) is 0 Å². The van der Waals surface area contributed by atoms with Gasteiger partial charge in [0.25, 0.3) is 0 Å². The van der Waals surface area contributed by atoms with Gasteiger partial charge in [0.15, 0.2) is 0 Å². The molecule has 0 aliphatic rings. The van der Waals surface area contributed by atoms with Crippen LogP contribution in [0.4, 0.5) is 4.79 Å². The highest BCUT2D eigenvalue weighted by Gasteiger charge is 1.44. The molecule has 0 spiro atoms. The van der Waals surface area contributed by atoms with Crippen LogP contribution in [-0.2, 0) is 0 Å². The third-order valence-electron chi connectivity index (χ3n) is 0. The molecular formula is CH6N2O2. The first-order valence-corrected chi connectivity index (χ1v) is 0.697. The summed E-state index contributed by atoms with van der Waals surface area (Å²) in [4.78, 5) is 8.67. The Bertz CT molecular complexity index is 34.5. The molecule has 4 heteroatoms. The Hall–Kier alpha value is -0.770. The maximum absolute atomic E-state index is 8.67. The average Bonchev–Trinajstić information content (AvgIpc) is 1.41. The summed E-state index contributed by atoms with van der Waals surface area (Å²) in [6.45, 7) is 0. The number of quaternary nitrogens is 1. The number of carbonyl (C=O) groups excluding carboxylic acids is 1. The zero-order valence-electron chi connectivity index (χ0n) is 3.60. The topological polar surface area (TPSA) is 103 Å². The van der Waals surface area contributed by atoms with E-state index in [2.05, 4.69) is 11.9 Å². The largest absolute Gasteiger partial charge is 0.530 e. The zero-order chi connectivity index (χ0) is 5.58. The van der Waals surface area contributed by atoms with Crippen molar-refractivity contribution in [3.63, 3.8) is 0 Å². The van der Waals surface area contributed by atoms with E-state index in [4.69, 9.17) is 11.3 Å². The van der Waals surface area contributed by atoms with E-state index < -0.39 is 6.09 Å². The number of primary amides is 1. The van der Waals surface area contributed by atoms with Crippen molar-refractivity contribution in [1.82, 2.24) is 6.14 Å². The fraction of sp³-hybridized carbons (Fsp3) is 0. The van der Waals surface area contributed by atoms with E-state index in [-0.39, 0.29) is 0 Å². The van der Waals surface area contributed by atoms with Crippen LogP contribution in [0.5, 0.6) is 0 Å². The first kappa shape index (κ1) is 4.23. The summed E-state index contributed by atoms with van der Waals surface area (Å²) in [6.07, 6.45) is 0.917. The zero-order valence-corrected chi connectivity index (χ0v) is 2.60. The molecule has 32 valence electrons. The van der Waals surface area contributed by atoms with E-state index >= 15 is 0 Å². The molecule has 0 fully saturated rings. The van der Waals surface area contributed by atoms with Gasteiger partial charge in [-0.2, -0.15) is 0 Å². The molecule has 1 amide bonds. The Morgan fingerprint density at radius 3 is 2.20 bits per heavy atom. The molecule has 0 atom stereocenters. The quantitative estimate of drug-likeness (QED) is 0.375. The lowest BCUT2D eigenvalue weighted by Crippen LogP contribution is -2.29. The standard InChI is InChI=1S/CH3NO2.H3N/c2-1(3)4;/h2H2,(H,3,4);1H3/i/hD. The molecule has 0 aromatic heterocycles. The molecule has 5 heavy (non-hydrogen) atoms. The van der Waals surface area contributed by atoms with Gasteiger partial charge in [-0.05, 0) is 0 Å². The van der Waals surface area contributed by atoms with Crippen LogP contribution in [0.15, 0.2) is 0 Å². The number of hydrogen-bond donors (Lipinski definition) is 2. The molecule has 0 aliphatic heterocycles. The van der Waals surface area contributed by atoms with Crippen molar-refractivity contribution in [2.24, 2.45) is 5.73 Å². The van der Waals surface area contributed by atoms with Crippen LogP contribution in [0.3, 0.4) is 0 Å². The van der Waals surface area contributed by atoms with Crippen LogP contribution in [-0.4, -0.2) is 6.09 Å². The lowest BCUT2D eigenvalue weighted by Gasteiger charge is -1.78. The Morgan fingerprint density at radius 2 is 2.20 bits per heavy atom. The van der Waals surface area contributed by atoms with Gasteiger partial charge >= 0.3 is 1.41 Å². The van der Waals surface area contributed by atoms with Gasteiger partial charge < -0.3 is 21.8 Å². The molecule has 0 radical (unpaired) electrons. The van der Waals surface area contributed by atoms with Crippen LogP contribution in [0.25, 0.3) is 0 Å². The minimum atomic E-state index is -1.58. The molecular weight excluding hydrogens is 72.0 g/mol. The van der Waals surface area contributed by atoms with Gasteiger partial charge in [0.2, 0.25) is 0 Å². The monoisotopic (exact) mass is 79.0 g/mol. The van der Waals surface area contributed by atoms with Crippen LogP contribution >= 0.6 is 0 Å². The normalized spacial score (nSPS) is 6.20. The van der Waals surface area contributed by atoms with E-state index in [0.29, 0.717) is 0 Å². The number of hydrogen-bond acceptors (Lipinski definition) is 2. The van der Waals surface area contributed by atoms with Gasteiger partial charge in [0.1, 0.15) is 6.09 Å². The average molecular weight is 79.1 g/mol. The molecule has 4 nitrogen and oxygen atoms in total. The fourth-order valence-electron chi connectivity index (χ4n) is 0. The van der Waals surface area contributed by atoms with Gasteiger partial charge in [0.05, 0.1) is 0 Å². The minimum Gasteiger partial charge on any atom is -0.530 e. The van der Waals surface area contributed by atoms with Crippen molar-refractivity contribution in [2.45, 2.75) is 0 Å². The third-order valence-corrected chi connectivity index (χ3v) is 0. The van der Waals surface area contributed by atoms with E-state index in [9.17, 15) is 0 Å². The summed E-state index contributed by atoms with van der Waals surface area (Å²) in [6, 6.07) is 0. The SMILES string of the molecule is NC(=O)[O-].[2H][NH3+]. The second kappa shape index (κ2) is 3.23. The van der Waals surface area contributed by atoms with Gasteiger partial charge in [-0.3, -0.25) is 0 Å². The van der Waals surface area contributed by atoms with Crippen LogP contribution < -0.4 is 17.0 Å². The lowest BCUT2D eigenvalue weighted by atomic mass is 11.3. The highest BCUT2D eigenvalue weighted by Crippen LogP contribution is 1.23. The van der Waals surface area contributed by atoms with Crippen LogP contribution in [0.2, 0.25) is 1.41 Å². The summed E-state index contributed by atoms with van der Waals surface area (Å²) in [5, 5.41) is 8.67. The van der Waals surface area contributed by atoms with Crippen molar-refractivity contribution < 1.29 is 11.3 Å². The lowest BCUT2D eigenvalue weighted by molar-refractivity contribution is -0.245. The predicted molar refractivity (Wildman–Crippen MR) is 15.6 cm³/mol. The highest BCUT2D eigenvalue weighted by molar-refractivity contribution is 5.58. The predicted octanol–water partition coefficient (Wildman–Crippen LogP) is -1.34. The van der Waals surface area contributed by atoms with Crippen LogP contribution in [0.1, 0.15) is 0 Å². The molecule has 0 bridgehead atoms. The fourth-order valence-corrected chi connectivity index (χ4v) is 0. The second-order valence-corrected chi connectivity index (χ2v) is 0.319. The van der Waals surface area contributed by atoms with Crippen molar-refractivity contribution in [3.05, 3.63) is 0 Å². The molecule has 0 aromatic rings. The van der Waals surface area contributed by atoms with E-state index in [1.165, 1.54) is 0 Å². The molecule has 0 saturated carbocycles. The number of carbonyl (C=O) groups is 1. The van der Waals surface area contributed by atoms with Gasteiger partial charge in [-0.1, -0.05) is 0 Å². The minimum absolute atomic E-state index is 1.58. The number of rotatable bonds is 0. The van der Waals surface area contributed by atoms with Crippen molar-refractivity contribution in [3.8, 4) is 0 Å². The molecule has 0 unspecified atom stereocenters. The van der Waals surface area contributed by atoms with E-state index in [1.54, 1.807) is 0 Å². The molecule has 0 saturated heterocycles. The van der Waals surface area contributed by atoms with Crippen LogP contribution in [0, 0.1) is 0 Å². The molecule has 0 rings (SSSR count). The van der Waals surface area contributed by atoms with Crippen molar-refractivity contribution in [2.75, 3.05) is 0 Å². The van der Waals surface area contributed by atoms with E-state index in [1.807, 2.05) is 0 Å². The van der Waals surface area contributed by atoms with Gasteiger partial charge in [-0.25, -0.2) is 0 Å². The number of nitrogens with two attached hydrogens (primary N) is 1. The second-order valence-electron chi connectivity index (χ2n) is 0.319. The summed E-state index contributed by atoms with van der Waals surface area (Å²) in [5.74, 6) is 0. The number of carboxylic acid groups (broad SMARTS) is 1. The van der Waals surface area contributed by atoms with Crippen molar-refractivity contribution >= 4 is 6.09 Å². The Labute approximate surface area is 30.6 Å². The first-order chi connectivity index (χ1) is 2.73. The third kappa shape index (κ3) is 8.24. The first-order valence-electron chi connectivity index (χ1n) is 1.40. The Balaban J connectivity index is 0. The molecule has 0 aromatic carbocycles.